The zero-order valence-electron chi connectivity index (χ0n) is 17.3. The lowest BCUT2D eigenvalue weighted by atomic mass is 10.1. The normalized spacial score (nSPS) is 27.9. The third-order valence-corrected chi connectivity index (χ3v) is 6.84. The number of nitrogens with zero attached hydrogens (tertiary/aromatic N) is 4. The van der Waals surface area contributed by atoms with Crippen molar-refractivity contribution in [3.05, 3.63) is 36.0 Å². The topological polar surface area (TPSA) is 148 Å². The van der Waals surface area contributed by atoms with E-state index in [1.807, 2.05) is 0 Å². The first-order valence-corrected chi connectivity index (χ1v) is 11.6. The molecule has 0 aliphatic heterocycles. The lowest BCUT2D eigenvalue weighted by Gasteiger charge is -2.15. The number of hydrogen-bond acceptors (Lipinski definition) is 9. The largest absolute Gasteiger partial charge is 0.390 e. The second-order valence-electron chi connectivity index (χ2n) is 8.18. The molecule has 0 aromatic carbocycles. The Morgan fingerprint density at radius 3 is 2.84 bits per heavy atom. The van der Waals surface area contributed by atoms with E-state index in [-0.39, 0.29) is 30.2 Å². The first-order valence-electron chi connectivity index (χ1n) is 10.2. The van der Waals surface area contributed by atoms with Gasteiger partial charge < -0.3 is 10.4 Å². The Morgan fingerprint density at radius 1 is 1.35 bits per heavy atom. The van der Waals surface area contributed by atoms with Gasteiger partial charge in [-0.2, -0.15) is 18.2 Å². The molecule has 2 aliphatic carbocycles. The van der Waals surface area contributed by atoms with Crippen LogP contribution in [0.5, 0.6) is 0 Å². The van der Waals surface area contributed by atoms with Gasteiger partial charge in [0, 0.05) is 32.0 Å². The number of anilines is 1. The van der Waals surface area contributed by atoms with Crippen LogP contribution in [0.15, 0.2) is 24.8 Å². The maximum Gasteiger partial charge on any atom is 0.335 e. The van der Waals surface area contributed by atoms with Crippen molar-refractivity contribution < 1.29 is 22.5 Å². The number of rotatable bonds is 9. The minimum absolute atomic E-state index is 0.230. The molecule has 2 aromatic heterocycles. The fourth-order valence-electron chi connectivity index (χ4n) is 3.83. The van der Waals surface area contributed by atoms with Crippen LogP contribution >= 0.6 is 0 Å². The molecule has 0 amide bonds. The lowest BCUT2D eigenvalue weighted by molar-refractivity contribution is 0.0636. The van der Waals surface area contributed by atoms with Crippen molar-refractivity contribution in [3.63, 3.8) is 0 Å². The molecule has 0 saturated heterocycles. The van der Waals surface area contributed by atoms with Gasteiger partial charge in [0.2, 0.25) is 5.78 Å². The number of aromatic nitrogens is 4. The smallest absolute Gasteiger partial charge is 0.335 e. The molecule has 0 unspecified atom stereocenters. The Morgan fingerprint density at radius 2 is 2.13 bits per heavy atom. The predicted molar refractivity (Wildman–Crippen MR) is 110 cm³/mol. The Hall–Kier alpha value is -2.41. The molecule has 2 aliphatic rings. The standard InChI is InChI=1S/C19H26N6O5S/c1-11-5-12(11)9-25-4-3-15(24-25)18(27)14-8-21-10-22-19(14)23-13-6-16(26)17(7-13)30-31(28,29)20-2/h3-4,8,10-13,16-17,20,26H,5-7,9H2,1-2H3,(H,21,22,23)/t11-,12+,13+,16-,17+/m0/s1. The van der Waals surface area contributed by atoms with Crippen LogP contribution in [0.2, 0.25) is 0 Å². The fourth-order valence-corrected chi connectivity index (χ4v) is 4.46. The van der Waals surface area contributed by atoms with E-state index in [1.165, 1.54) is 26.0 Å². The predicted octanol–water partition coefficient (Wildman–Crippen LogP) is 0.345. The van der Waals surface area contributed by atoms with Crippen molar-refractivity contribution in [2.24, 2.45) is 11.8 Å². The third-order valence-electron chi connectivity index (χ3n) is 5.84. The van der Waals surface area contributed by atoms with Gasteiger partial charge in [0.05, 0.1) is 11.7 Å². The summed E-state index contributed by atoms with van der Waals surface area (Å²) < 4.78 is 32.1. The molecule has 2 fully saturated rings. The van der Waals surface area contributed by atoms with Gasteiger partial charge in [-0.3, -0.25) is 13.7 Å². The maximum absolute atomic E-state index is 13.0. The zero-order valence-corrected chi connectivity index (χ0v) is 18.1. The molecule has 5 atom stereocenters. The minimum atomic E-state index is -3.92. The van der Waals surface area contributed by atoms with Gasteiger partial charge in [0.1, 0.15) is 23.9 Å². The molecule has 31 heavy (non-hydrogen) atoms. The van der Waals surface area contributed by atoms with Gasteiger partial charge in [-0.1, -0.05) is 6.92 Å². The van der Waals surface area contributed by atoms with Gasteiger partial charge in [0.25, 0.3) is 0 Å². The average Bonchev–Trinajstić information content (AvgIpc) is 3.09. The summed E-state index contributed by atoms with van der Waals surface area (Å²) in [6, 6.07) is 1.35. The van der Waals surface area contributed by atoms with Crippen LogP contribution in [0.1, 0.15) is 42.2 Å². The second-order valence-corrected chi connectivity index (χ2v) is 9.69. The maximum atomic E-state index is 13.0. The van der Waals surface area contributed by atoms with Crippen LogP contribution in [0, 0.1) is 11.8 Å². The van der Waals surface area contributed by atoms with E-state index in [0.29, 0.717) is 23.3 Å². The average molecular weight is 451 g/mol. The summed E-state index contributed by atoms with van der Waals surface area (Å²) in [7, 11) is -2.69. The van der Waals surface area contributed by atoms with E-state index >= 15 is 0 Å². The minimum Gasteiger partial charge on any atom is -0.390 e. The van der Waals surface area contributed by atoms with Crippen molar-refractivity contribution in [2.75, 3.05) is 12.4 Å². The van der Waals surface area contributed by atoms with Crippen molar-refractivity contribution in [1.29, 1.82) is 0 Å². The van der Waals surface area contributed by atoms with Gasteiger partial charge >= 0.3 is 10.3 Å². The highest BCUT2D eigenvalue weighted by atomic mass is 32.2. The highest BCUT2D eigenvalue weighted by Gasteiger charge is 2.37. The SMILES string of the molecule is CNS(=O)(=O)O[C@@H]1C[C@H](Nc2ncncc2C(=O)c2ccn(C[C@H]3C[C@@H]3C)n2)C[C@@H]1O. The summed E-state index contributed by atoms with van der Waals surface area (Å²) in [5, 5.41) is 17.7. The molecule has 0 radical (unpaired) electrons. The molecule has 168 valence electrons. The number of ketones is 1. The van der Waals surface area contributed by atoms with Crippen LogP contribution in [0.25, 0.3) is 0 Å². The number of carbonyl (C=O) groups excluding carboxylic acids is 1. The van der Waals surface area contributed by atoms with Crippen molar-refractivity contribution in [1.82, 2.24) is 24.5 Å². The Kier molecular flexibility index (Phi) is 6.06. The monoisotopic (exact) mass is 450 g/mol. The number of aliphatic hydroxyl groups is 1. The van der Waals surface area contributed by atoms with Crippen LogP contribution in [0.3, 0.4) is 0 Å². The molecular weight excluding hydrogens is 424 g/mol. The highest BCUT2D eigenvalue weighted by Crippen LogP contribution is 2.38. The van der Waals surface area contributed by atoms with Crippen LogP contribution in [-0.2, 0) is 21.0 Å². The number of carbonyl (C=O) groups is 1. The Bertz CT molecular complexity index is 1060. The van der Waals surface area contributed by atoms with E-state index in [9.17, 15) is 18.3 Å². The molecule has 3 N–H and O–H groups in total. The van der Waals surface area contributed by atoms with Crippen LogP contribution in [0.4, 0.5) is 5.82 Å². The van der Waals surface area contributed by atoms with E-state index in [2.05, 4.69) is 32.0 Å². The van der Waals surface area contributed by atoms with Crippen molar-refractivity contribution in [2.45, 2.75) is 51.0 Å². The van der Waals surface area contributed by atoms with Gasteiger partial charge in [-0.15, -0.1) is 0 Å². The number of aliphatic hydroxyl groups excluding tert-OH is 1. The molecule has 0 spiro atoms. The summed E-state index contributed by atoms with van der Waals surface area (Å²) in [5.41, 5.74) is 0.563. The second kappa shape index (κ2) is 8.61. The quantitative estimate of drug-likeness (QED) is 0.460. The highest BCUT2D eigenvalue weighted by molar-refractivity contribution is 7.84. The third kappa shape index (κ3) is 5.09. The van der Waals surface area contributed by atoms with E-state index in [0.717, 1.165) is 6.54 Å². The first kappa shape index (κ1) is 21.8. The lowest BCUT2D eigenvalue weighted by Crippen LogP contribution is -2.31. The molecule has 2 aromatic rings. The van der Waals surface area contributed by atoms with Gasteiger partial charge in [0.15, 0.2) is 0 Å². The summed E-state index contributed by atoms with van der Waals surface area (Å²) in [5.74, 6) is 1.30. The van der Waals surface area contributed by atoms with Crippen molar-refractivity contribution >= 4 is 21.9 Å². The first-order chi connectivity index (χ1) is 14.8. The summed E-state index contributed by atoms with van der Waals surface area (Å²) in [6.45, 7) is 2.99. The molecule has 4 rings (SSSR count). The number of nitrogens with one attached hydrogen (secondary N) is 2. The zero-order chi connectivity index (χ0) is 22.2. The molecule has 2 saturated carbocycles. The van der Waals surface area contributed by atoms with Crippen LogP contribution in [-0.4, -0.2) is 64.4 Å². The molecule has 0 bridgehead atoms. The summed E-state index contributed by atoms with van der Waals surface area (Å²) >= 11 is 0. The van der Waals surface area contributed by atoms with Gasteiger partial charge in [-0.25, -0.2) is 9.97 Å². The molecule has 2 heterocycles. The van der Waals surface area contributed by atoms with Gasteiger partial charge in [-0.05, 0) is 37.2 Å². The van der Waals surface area contributed by atoms with E-state index in [1.54, 1.807) is 16.9 Å². The van der Waals surface area contributed by atoms with E-state index in [4.69, 9.17) is 4.18 Å². The summed E-state index contributed by atoms with van der Waals surface area (Å²) in [6.07, 6.45) is 4.33. The fraction of sp³-hybridized carbons (Fsp3) is 0.579. The summed E-state index contributed by atoms with van der Waals surface area (Å²) in [4.78, 5) is 21.2. The molecule has 11 nitrogen and oxygen atoms in total. The molecular formula is C19H26N6O5S. The van der Waals surface area contributed by atoms with E-state index < -0.39 is 22.5 Å². The Balaban J connectivity index is 1.45. The van der Waals surface area contributed by atoms with Crippen LogP contribution < -0.4 is 10.0 Å². The Labute approximate surface area is 180 Å². The van der Waals surface area contributed by atoms with Crippen molar-refractivity contribution in [3.8, 4) is 0 Å². The molecule has 12 heteroatoms. The number of hydrogen-bond donors (Lipinski definition) is 3.